The number of nitrogens with zero attached hydrogens (tertiary/aromatic N) is 3. The van der Waals surface area contributed by atoms with E-state index in [9.17, 15) is 23.9 Å². The van der Waals surface area contributed by atoms with E-state index in [2.05, 4.69) is 38.1 Å². The number of amides is 3. The predicted octanol–water partition coefficient (Wildman–Crippen LogP) is 2.76. The molecule has 1 aromatic carbocycles. The van der Waals surface area contributed by atoms with Crippen LogP contribution in [0.3, 0.4) is 0 Å². The van der Waals surface area contributed by atoms with Gasteiger partial charge in [-0.2, -0.15) is 0 Å². The summed E-state index contributed by atoms with van der Waals surface area (Å²) in [5.74, 6) is -0.731. The molecule has 0 saturated carbocycles. The highest BCUT2D eigenvalue weighted by atomic mass is 19.1. The topological polar surface area (TPSA) is 148 Å². The first kappa shape index (κ1) is 30.8. The van der Waals surface area contributed by atoms with Crippen molar-refractivity contribution in [1.29, 1.82) is 0 Å². The number of piperazine rings is 1. The van der Waals surface area contributed by atoms with Gasteiger partial charge in [0.2, 0.25) is 0 Å². The van der Waals surface area contributed by atoms with Gasteiger partial charge in [0.15, 0.2) is 5.96 Å². The smallest absolute Gasteiger partial charge is 0.407 e. The molecular weight excluding hydrogens is 521 g/mol. The first-order chi connectivity index (χ1) is 19.2. The molecule has 0 bridgehead atoms. The largest absolute Gasteiger partial charge is 0.480 e. The molecule has 0 radical (unpaired) electrons. The van der Waals surface area contributed by atoms with Crippen molar-refractivity contribution in [2.24, 2.45) is 4.99 Å². The van der Waals surface area contributed by atoms with Crippen LogP contribution in [0.2, 0.25) is 0 Å². The number of carboxylic acids is 1. The average Bonchev–Trinajstić information content (AvgIpc) is 2.93. The Morgan fingerprint density at radius 1 is 1.20 bits per heavy atom. The molecule has 1 aromatic rings. The molecule has 3 rings (SSSR count). The van der Waals surface area contributed by atoms with Gasteiger partial charge in [-0.1, -0.05) is 32.3 Å². The molecule has 0 aromatic heterocycles. The Bertz CT molecular complexity index is 1040. The lowest BCUT2D eigenvalue weighted by atomic mass is 10.1. The van der Waals surface area contributed by atoms with Crippen LogP contribution in [0.15, 0.2) is 29.3 Å². The summed E-state index contributed by atoms with van der Waals surface area (Å²) in [6.45, 7) is 7.29. The van der Waals surface area contributed by atoms with Crippen LogP contribution in [0.5, 0.6) is 0 Å². The van der Waals surface area contributed by atoms with Gasteiger partial charge in [-0.3, -0.25) is 0 Å². The number of carbonyl (C=O) groups excluding carboxylic acids is 2. The lowest BCUT2D eigenvalue weighted by molar-refractivity contribution is -0.139. The Morgan fingerprint density at radius 3 is 2.70 bits per heavy atom. The maximum Gasteiger partial charge on any atom is 0.407 e. The normalized spacial score (nSPS) is 21.5. The Balaban J connectivity index is 1.51. The van der Waals surface area contributed by atoms with E-state index in [1.165, 1.54) is 0 Å². The molecule has 3 amide bonds. The van der Waals surface area contributed by atoms with Gasteiger partial charge >= 0.3 is 18.1 Å². The molecule has 4 atom stereocenters. The molecule has 2 heterocycles. The van der Waals surface area contributed by atoms with Crippen LogP contribution >= 0.6 is 0 Å². The van der Waals surface area contributed by atoms with E-state index in [-0.39, 0.29) is 38.3 Å². The summed E-state index contributed by atoms with van der Waals surface area (Å²) in [6, 6.07) is 5.90. The number of ether oxygens (including phenoxy) is 1. The summed E-state index contributed by atoms with van der Waals surface area (Å²) in [7, 11) is 0. The minimum Gasteiger partial charge on any atom is -0.480 e. The van der Waals surface area contributed by atoms with Gasteiger partial charge in [-0.15, -0.1) is 0 Å². The summed E-state index contributed by atoms with van der Waals surface area (Å²) < 4.78 is 18.4. The molecule has 12 nitrogen and oxygen atoms in total. The Hall–Kier alpha value is -3.77. The van der Waals surface area contributed by atoms with Gasteiger partial charge in [0, 0.05) is 36.5 Å². The van der Waals surface area contributed by atoms with Gasteiger partial charge in [-0.05, 0) is 38.5 Å². The molecule has 5 N–H and O–H groups in total. The Labute approximate surface area is 234 Å². The number of anilines is 2. The predicted molar refractivity (Wildman–Crippen MR) is 152 cm³/mol. The van der Waals surface area contributed by atoms with E-state index in [0.717, 1.165) is 30.6 Å². The third kappa shape index (κ3) is 9.16. The molecule has 2 aliphatic heterocycles. The van der Waals surface area contributed by atoms with Crippen LogP contribution in [0, 0.1) is 0 Å². The number of aliphatic carboxylic acids is 1. The number of rotatable bonds is 11. The molecular formula is C27H42FN7O5. The Morgan fingerprint density at radius 2 is 2.00 bits per heavy atom. The maximum absolute atomic E-state index is 13.3. The van der Waals surface area contributed by atoms with Crippen LogP contribution in [0.25, 0.3) is 0 Å². The highest BCUT2D eigenvalue weighted by molar-refractivity contribution is 5.94. The number of halogens is 1. The number of benzene rings is 1. The summed E-state index contributed by atoms with van der Waals surface area (Å²) in [4.78, 5) is 44.7. The molecule has 13 heteroatoms. The Kier molecular flexibility index (Phi) is 11.6. The number of hydrogen-bond donors (Lipinski definition) is 5. The number of alkyl halides is 1. The number of urea groups is 1. The van der Waals surface area contributed by atoms with E-state index < -0.39 is 30.3 Å². The molecule has 2 aliphatic rings. The van der Waals surface area contributed by atoms with Crippen molar-refractivity contribution < 1.29 is 28.6 Å². The van der Waals surface area contributed by atoms with Crippen molar-refractivity contribution in [3.05, 3.63) is 24.3 Å². The van der Waals surface area contributed by atoms with Crippen molar-refractivity contribution in [3.63, 3.8) is 0 Å². The third-order valence-corrected chi connectivity index (χ3v) is 6.90. The van der Waals surface area contributed by atoms with Crippen LogP contribution in [-0.2, 0) is 9.53 Å². The summed E-state index contributed by atoms with van der Waals surface area (Å²) in [6.07, 6.45) is 1.95. The van der Waals surface area contributed by atoms with Crippen LogP contribution < -0.4 is 26.2 Å². The highest BCUT2D eigenvalue weighted by Crippen LogP contribution is 2.26. The quantitative estimate of drug-likeness (QED) is 0.258. The number of unbranched alkanes of at least 4 members (excludes halogenated alkanes) is 3. The summed E-state index contributed by atoms with van der Waals surface area (Å²) >= 11 is 0. The van der Waals surface area contributed by atoms with Crippen molar-refractivity contribution in [2.45, 2.75) is 70.8 Å². The van der Waals surface area contributed by atoms with Gasteiger partial charge < -0.3 is 40.9 Å². The van der Waals surface area contributed by atoms with Crippen molar-refractivity contribution in [2.75, 3.05) is 49.5 Å². The lowest BCUT2D eigenvalue weighted by Crippen LogP contribution is -2.61. The fourth-order valence-corrected chi connectivity index (χ4v) is 4.64. The van der Waals surface area contributed by atoms with Crippen molar-refractivity contribution in [1.82, 2.24) is 20.9 Å². The van der Waals surface area contributed by atoms with E-state index in [4.69, 9.17) is 4.74 Å². The average molecular weight is 564 g/mol. The second-order valence-electron chi connectivity index (χ2n) is 10.3. The molecule has 1 fully saturated rings. The zero-order valence-electron chi connectivity index (χ0n) is 23.5. The number of carbonyl (C=O) groups is 3. The molecule has 1 saturated heterocycles. The molecule has 40 heavy (non-hydrogen) atoms. The molecule has 222 valence electrons. The fourth-order valence-electron chi connectivity index (χ4n) is 4.64. The summed E-state index contributed by atoms with van der Waals surface area (Å²) in [5.41, 5.74) is 1.78. The molecule has 4 unspecified atom stereocenters. The highest BCUT2D eigenvalue weighted by Gasteiger charge is 2.33. The van der Waals surface area contributed by atoms with Gasteiger partial charge in [0.1, 0.15) is 12.2 Å². The van der Waals surface area contributed by atoms with Gasteiger partial charge in [-0.25, -0.2) is 23.8 Å². The van der Waals surface area contributed by atoms with Gasteiger partial charge in [0.05, 0.1) is 26.2 Å². The zero-order chi connectivity index (χ0) is 29.1. The minimum atomic E-state index is -1.31. The van der Waals surface area contributed by atoms with Crippen LogP contribution in [-0.4, -0.2) is 97.7 Å². The van der Waals surface area contributed by atoms with E-state index in [1.807, 2.05) is 38.1 Å². The van der Waals surface area contributed by atoms with Crippen LogP contribution in [0.4, 0.5) is 25.4 Å². The maximum atomic E-state index is 13.3. The summed E-state index contributed by atoms with van der Waals surface area (Å²) in [5, 5.41) is 20.6. The van der Waals surface area contributed by atoms with E-state index in [0.29, 0.717) is 25.5 Å². The third-order valence-electron chi connectivity index (χ3n) is 6.90. The number of nitrogens with one attached hydrogen (secondary N) is 4. The lowest BCUT2D eigenvalue weighted by Gasteiger charge is -2.45. The fraction of sp³-hybridized carbons (Fsp3) is 0.630. The van der Waals surface area contributed by atoms with Crippen molar-refractivity contribution in [3.8, 4) is 0 Å². The number of alkyl carbamates (subject to hydrolysis) is 1. The molecule has 0 aliphatic carbocycles. The zero-order valence-corrected chi connectivity index (χ0v) is 23.5. The monoisotopic (exact) mass is 563 g/mol. The number of carboxylic acid groups (broad SMARTS) is 1. The van der Waals surface area contributed by atoms with Crippen molar-refractivity contribution >= 4 is 35.4 Å². The number of hydrogen-bond acceptors (Lipinski definition) is 8. The standard InChI is InChI=1S/C27H42FN7O5/c1-4-5-6-7-11-40-27(39)33-23(24(36)37)15-31-26(38)35-17-18(2)34(16-19(35)3)22-10-8-9-21(12-22)32-25-29-13-20(28)14-30-25/h8-10,12,18-20,23H,4-7,11,13-17H2,1-3H3,(H,31,38)(H,33,39)(H,36,37)(H2,29,30,32). The van der Waals surface area contributed by atoms with Gasteiger partial charge in [0.25, 0.3) is 0 Å². The second kappa shape index (κ2) is 15.1. The van der Waals surface area contributed by atoms with E-state index >= 15 is 0 Å². The SMILES string of the molecule is CCCCCCOC(=O)NC(CNC(=O)N1CC(C)N(c2cccc(NC3=NCC(F)CN3)c2)CC1C)C(=O)O. The van der Waals surface area contributed by atoms with Crippen LogP contribution in [0.1, 0.15) is 46.5 Å². The first-order valence-corrected chi connectivity index (χ1v) is 13.9. The second-order valence-corrected chi connectivity index (χ2v) is 10.3. The van der Waals surface area contributed by atoms with E-state index in [1.54, 1.807) is 4.90 Å². The minimum absolute atomic E-state index is 0.0225. The molecule has 0 spiro atoms. The number of aliphatic imine (C=N–C) groups is 1. The number of guanidine groups is 1. The first-order valence-electron chi connectivity index (χ1n) is 13.9.